The summed E-state index contributed by atoms with van der Waals surface area (Å²) < 4.78 is 0. The van der Waals surface area contributed by atoms with Gasteiger partial charge in [0.2, 0.25) is 0 Å². The van der Waals surface area contributed by atoms with Crippen molar-refractivity contribution in [2.75, 3.05) is 0 Å². The predicted molar refractivity (Wildman–Crippen MR) is 43.6 cm³/mol. The zero-order chi connectivity index (χ0) is 7.56. The molecule has 0 unspecified atom stereocenters. The van der Waals surface area contributed by atoms with E-state index in [1.165, 1.54) is 12.1 Å². The van der Waals surface area contributed by atoms with E-state index in [9.17, 15) is 4.79 Å². The number of carbonyl (C=O) groups is 1. The van der Waals surface area contributed by atoms with Gasteiger partial charge < -0.3 is 10.2 Å². The van der Waals surface area contributed by atoms with E-state index in [0.717, 1.165) is 0 Å². The van der Waals surface area contributed by atoms with Crippen LogP contribution in [0, 0.1) is 0 Å². The van der Waals surface area contributed by atoms with Crippen LogP contribution < -0.4 is 0 Å². The second kappa shape index (κ2) is 4.23. The third kappa shape index (κ3) is 2.42. The molecule has 0 aliphatic heterocycles. The third-order valence-corrected chi connectivity index (χ3v) is 1.13. The molecule has 2 N–H and O–H groups in total. The van der Waals surface area contributed by atoms with Crippen LogP contribution in [0.25, 0.3) is 0 Å². The second-order valence-corrected chi connectivity index (χ2v) is 1.82. The van der Waals surface area contributed by atoms with Gasteiger partial charge in [-0.05, 0) is 12.1 Å². The molecule has 0 atom stereocenters. The van der Waals surface area contributed by atoms with Crippen molar-refractivity contribution in [2.24, 2.45) is 0 Å². The van der Waals surface area contributed by atoms with Crippen LogP contribution in [0.1, 0.15) is 10.4 Å². The summed E-state index contributed by atoms with van der Waals surface area (Å²) in [7, 11) is 0. The molecule has 0 amide bonds. The van der Waals surface area contributed by atoms with Crippen LogP contribution >= 0.6 is 0 Å². The first-order valence-corrected chi connectivity index (χ1v) is 2.73. The van der Waals surface area contributed by atoms with Crippen LogP contribution in [0.2, 0.25) is 0 Å². The van der Waals surface area contributed by atoms with Gasteiger partial charge in [-0.1, -0.05) is 12.1 Å². The maximum absolute atomic E-state index is 10.3. The second-order valence-electron chi connectivity index (χ2n) is 1.82. The van der Waals surface area contributed by atoms with Gasteiger partial charge in [0.15, 0.2) is 0 Å². The quantitative estimate of drug-likeness (QED) is 0.707. The Hall–Kier alpha value is -0.711. The fourth-order valence-corrected chi connectivity index (χ4v) is 0.654. The first kappa shape index (κ1) is 10.3. The van der Waals surface area contributed by atoms with E-state index in [1.807, 2.05) is 0 Å². The molecule has 2 radical (unpaired) electrons. The first-order valence-electron chi connectivity index (χ1n) is 2.73. The van der Waals surface area contributed by atoms with Crippen LogP contribution in [-0.4, -0.2) is 40.1 Å². The third-order valence-electron chi connectivity index (χ3n) is 1.13. The summed E-state index contributed by atoms with van der Waals surface area (Å²) in [6, 6.07) is 5.81. The predicted octanol–water partition coefficient (Wildman–Crippen LogP) is 0.174. The van der Waals surface area contributed by atoms with Gasteiger partial charge in [-0.25, -0.2) is 4.79 Å². The first-order chi connectivity index (χ1) is 4.72. The van der Waals surface area contributed by atoms with Crippen molar-refractivity contribution in [1.82, 2.24) is 0 Å². The fraction of sp³-hybridized carbons (Fsp3) is 0. The summed E-state index contributed by atoms with van der Waals surface area (Å²) in [6.45, 7) is 0. The Bertz CT molecular complexity index is 260. The molecule has 1 aromatic rings. The minimum absolute atomic E-state index is 0. The Morgan fingerprint density at radius 3 is 2.18 bits per heavy atom. The van der Waals surface area contributed by atoms with E-state index >= 15 is 0 Å². The number of aromatic hydroxyl groups is 1. The average Bonchev–Trinajstić information content (AvgIpc) is 1.88. The molecule has 3 nitrogen and oxygen atoms in total. The van der Waals surface area contributed by atoms with E-state index in [2.05, 4.69) is 0 Å². The molecule has 0 fully saturated rings. The topological polar surface area (TPSA) is 57.5 Å². The number of hydrogen-bond acceptors (Lipinski definition) is 2. The van der Waals surface area contributed by atoms with Crippen LogP contribution in [0.4, 0.5) is 0 Å². The normalized spacial score (nSPS) is 8.36. The van der Waals surface area contributed by atoms with Crippen molar-refractivity contribution in [3.63, 3.8) is 0 Å². The molecule has 0 aliphatic rings. The molecule has 11 heavy (non-hydrogen) atoms. The monoisotopic (exact) mass is 260 g/mol. The van der Waals surface area contributed by atoms with Gasteiger partial charge in [-0.15, -0.1) is 0 Å². The Morgan fingerprint density at radius 1 is 1.27 bits per heavy atom. The van der Waals surface area contributed by atoms with Crippen molar-refractivity contribution in [2.45, 2.75) is 0 Å². The molecule has 0 aromatic heterocycles. The van der Waals surface area contributed by atoms with Gasteiger partial charge in [-0.2, -0.15) is 0 Å². The van der Waals surface area contributed by atoms with Crippen molar-refractivity contribution < 1.29 is 15.0 Å². The molecule has 1 aromatic carbocycles. The number of phenols is 1. The van der Waals surface area contributed by atoms with E-state index in [0.29, 0.717) is 0 Å². The zero-order valence-corrected chi connectivity index (χ0v) is 9.86. The van der Waals surface area contributed by atoms with Gasteiger partial charge in [0.05, 0.1) is 0 Å². The Labute approximate surface area is 80.6 Å². The van der Waals surface area contributed by atoms with E-state index in [4.69, 9.17) is 10.2 Å². The van der Waals surface area contributed by atoms with Crippen molar-refractivity contribution >= 4 is 29.9 Å². The van der Waals surface area contributed by atoms with Gasteiger partial charge >= 0.3 is 29.9 Å². The SMILES string of the molecule is O=C(O)c1ccccc1O.[SnH2]. The summed E-state index contributed by atoms with van der Waals surface area (Å²) in [5, 5.41) is 17.3. The van der Waals surface area contributed by atoms with Crippen molar-refractivity contribution in [3.05, 3.63) is 29.8 Å². The molecule has 0 aliphatic carbocycles. The summed E-state index contributed by atoms with van der Waals surface area (Å²) in [5.41, 5.74) is -0.0671. The summed E-state index contributed by atoms with van der Waals surface area (Å²) in [6.07, 6.45) is 0. The molecule has 0 saturated heterocycles. The molecule has 4 heteroatoms. The number of carboxylic acid groups (broad SMARTS) is 1. The van der Waals surface area contributed by atoms with Crippen LogP contribution in [-0.2, 0) is 0 Å². The number of carboxylic acids is 1. The van der Waals surface area contributed by atoms with E-state index in [1.54, 1.807) is 12.1 Å². The van der Waals surface area contributed by atoms with Crippen molar-refractivity contribution in [3.8, 4) is 5.75 Å². The Kier molecular flexibility index (Phi) is 3.95. The standard InChI is InChI=1S/C7H6O3.Sn.2H/c8-6-4-2-1-3-5(6)7(9)10;;;/h1-4,8H,(H,9,10);;;. The molecule has 0 bridgehead atoms. The summed E-state index contributed by atoms with van der Waals surface area (Å²) >= 11 is 0. The van der Waals surface area contributed by atoms with Crippen LogP contribution in [0.15, 0.2) is 24.3 Å². The number of hydrogen-bond donors (Lipinski definition) is 2. The van der Waals surface area contributed by atoms with Gasteiger partial charge in [0.1, 0.15) is 11.3 Å². The number of benzene rings is 1. The van der Waals surface area contributed by atoms with Gasteiger partial charge in [0, 0.05) is 0 Å². The fourth-order valence-electron chi connectivity index (χ4n) is 0.654. The maximum atomic E-state index is 10.3. The number of aromatic carboxylic acids is 1. The molecular weight excluding hydrogens is 251 g/mol. The van der Waals surface area contributed by atoms with Gasteiger partial charge in [-0.3, -0.25) is 0 Å². The summed E-state index contributed by atoms with van der Waals surface area (Å²) in [4.78, 5) is 10.3. The number of para-hydroxylation sites is 1. The Morgan fingerprint density at radius 2 is 1.82 bits per heavy atom. The average molecular weight is 259 g/mol. The molecule has 58 valence electrons. The van der Waals surface area contributed by atoms with Crippen molar-refractivity contribution in [1.29, 1.82) is 0 Å². The molecule has 0 heterocycles. The van der Waals surface area contributed by atoms with E-state index < -0.39 is 5.97 Å². The Balaban J connectivity index is 0.000001000. The molecule has 0 spiro atoms. The molecule has 1 rings (SSSR count). The van der Waals surface area contributed by atoms with Crippen LogP contribution in [0.3, 0.4) is 0 Å². The molecule has 0 saturated carbocycles. The number of rotatable bonds is 1. The van der Waals surface area contributed by atoms with E-state index in [-0.39, 0.29) is 35.2 Å². The molecular formula is C7H8O3Sn. The summed E-state index contributed by atoms with van der Waals surface area (Å²) in [5.74, 6) is -1.31. The zero-order valence-electron chi connectivity index (χ0n) is 5.82. The minimum atomic E-state index is -1.11. The van der Waals surface area contributed by atoms with Crippen LogP contribution in [0.5, 0.6) is 5.75 Å². The van der Waals surface area contributed by atoms with Gasteiger partial charge in [0.25, 0.3) is 0 Å².